The van der Waals surface area contributed by atoms with Gasteiger partial charge in [0.2, 0.25) is 5.91 Å². The lowest BCUT2D eigenvalue weighted by Crippen LogP contribution is -2.49. The maximum Gasteiger partial charge on any atom is 0.230 e. The van der Waals surface area contributed by atoms with E-state index in [4.69, 9.17) is 4.74 Å². The van der Waals surface area contributed by atoms with Crippen LogP contribution in [-0.2, 0) is 11.3 Å². The van der Waals surface area contributed by atoms with E-state index in [1.54, 1.807) is 18.0 Å². The van der Waals surface area contributed by atoms with Gasteiger partial charge in [-0.1, -0.05) is 18.9 Å². The molecule has 0 aromatic heterocycles. The third-order valence-electron chi connectivity index (χ3n) is 5.21. The van der Waals surface area contributed by atoms with Gasteiger partial charge < -0.3 is 19.9 Å². The average molecular weight is 378 g/mol. The zero-order chi connectivity index (χ0) is 20.0. The van der Waals surface area contributed by atoms with Crippen molar-refractivity contribution in [3.63, 3.8) is 0 Å². The maximum atomic E-state index is 13.9. The number of hydrogen-bond donors (Lipinski definition) is 1. The van der Waals surface area contributed by atoms with Gasteiger partial charge >= 0.3 is 0 Å². The Kier molecular flexibility index (Phi) is 7.05. The number of hydrogen-bond acceptors (Lipinski definition) is 3. The number of guanidine groups is 1. The molecule has 0 bridgehead atoms. The van der Waals surface area contributed by atoms with E-state index in [9.17, 15) is 9.18 Å². The van der Waals surface area contributed by atoms with Crippen molar-refractivity contribution in [2.24, 2.45) is 10.4 Å². The second-order valence-electron chi connectivity index (χ2n) is 7.41. The van der Waals surface area contributed by atoms with Crippen LogP contribution < -0.4 is 10.1 Å². The van der Waals surface area contributed by atoms with Crippen LogP contribution in [0.15, 0.2) is 23.2 Å². The molecule has 0 unspecified atom stereocenters. The highest BCUT2D eigenvalue weighted by Crippen LogP contribution is 2.39. The Morgan fingerprint density at radius 3 is 2.48 bits per heavy atom. The molecule has 1 saturated carbocycles. The highest BCUT2D eigenvalue weighted by atomic mass is 19.1. The monoisotopic (exact) mass is 378 g/mol. The summed E-state index contributed by atoms with van der Waals surface area (Å²) < 4.78 is 18.9. The van der Waals surface area contributed by atoms with Crippen LogP contribution in [0.1, 0.15) is 31.2 Å². The summed E-state index contributed by atoms with van der Waals surface area (Å²) in [6, 6.07) is 4.92. The molecule has 0 aliphatic heterocycles. The number of ether oxygens (including phenoxy) is 1. The molecule has 1 aliphatic carbocycles. The molecule has 0 saturated heterocycles. The van der Waals surface area contributed by atoms with E-state index in [1.165, 1.54) is 13.2 Å². The van der Waals surface area contributed by atoms with E-state index in [0.29, 0.717) is 19.0 Å². The minimum Gasteiger partial charge on any atom is -0.494 e. The Hall–Kier alpha value is -2.31. The molecule has 2 rings (SSSR count). The second-order valence-corrected chi connectivity index (χ2v) is 7.41. The van der Waals surface area contributed by atoms with Gasteiger partial charge in [0.25, 0.3) is 0 Å². The standard InChI is InChI=1S/C20H31FN4O2/c1-22-19(23-14-20(10-6-7-11-20)18(26)24(2)3)25(4)13-15-8-9-17(27-5)16(21)12-15/h8-9,12H,6-7,10-11,13-14H2,1-5H3,(H,22,23). The summed E-state index contributed by atoms with van der Waals surface area (Å²) in [6.07, 6.45) is 3.92. The number of rotatable bonds is 6. The SMILES string of the molecule is CN=C(NCC1(C(=O)N(C)C)CCCC1)N(C)Cc1ccc(OC)c(F)c1. The van der Waals surface area contributed by atoms with Crippen molar-refractivity contribution in [2.45, 2.75) is 32.2 Å². The minimum absolute atomic E-state index is 0.169. The van der Waals surface area contributed by atoms with Gasteiger partial charge in [-0.25, -0.2) is 4.39 Å². The lowest BCUT2D eigenvalue weighted by molar-refractivity contribution is -0.138. The number of carbonyl (C=O) groups excluding carboxylic acids is 1. The predicted octanol–water partition coefficient (Wildman–Crippen LogP) is 2.49. The maximum absolute atomic E-state index is 13.9. The van der Waals surface area contributed by atoms with Gasteiger partial charge in [0.1, 0.15) is 0 Å². The fourth-order valence-corrected chi connectivity index (χ4v) is 3.78. The fourth-order valence-electron chi connectivity index (χ4n) is 3.78. The molecule has 0 radical (unpaired) electrons. The van der Waals surface area contributed by atoms with Crippen molar-refractivity contribution in [1.82, 2.24) is 15.1 Å². The lowest BCUT2D eigenvalue weighted by Gasteiger charge is -2.32. The Bertz CT molecular complexity index is 685. The largest absolute Gasteiger partial charge is 0.494 e. The molecule has 1 aromatic carbocycles. The number of amides is 1. The number of nitrogens with zero attached hydrogens (tertiary/aromatic N) is 3. The van der Waals surface area contributed by atoms with Crippen molar-refractivity contribution >= 4 is 11.9 Å². The normalized spacial score (nSPS) is 16.1. The first-order valence-corrected chi connectivity index (χ1v) is 9.29. The van der Waals surface area contributed by atoms with E-state index < -0.39 is 0 Å². The van der Waals surface area contributed by atoms with Crippen molar-refractivity contribution < 1.29 is 13.9 Å². The summed E-state index contributed by atoms with van der Waals surface area (Å²) in [6.45, 7) is 1.05. The summed E-state index contributed by atoms with van der Waals surface area (Å²) in [5.74, 6) is 0.703. The van der Waals surface area contributed by atoms with Crippen LogP contribution in [0.25, 0.3) is 0 Å². The van der Waals surface area contributed by atoms with Crippen LogP contribution >= 0.6 is 0 Å². The van der Waals surface area contributed by atoms with Crippen molar-refractivity contribution in [1.29, 1.82) is 0 Å². The van der Waals surface area contributed by atoms with Gasteiger partial charge in [-0.15, -0.1) is 0 Å². The number of aliphatic imine (C=N–C) groups is 1. The molecular weight excluding hydrogens is 347 g/mol. The van der Waals surface area contributed by atoms with Gasteiger partial charge in [-0.05, 0) is 30.5 Å². The van der Waals surface area contributed by atoms with E-state index in [0.717, 1.165) is 31.2 Å². The number of nitrogens with one attached hydrogen (secondary N) is 1. The number of carbonyl (C=O) groups is 1. The van der Waals surface area contributed by atoms with Gasteiger partial charge in [0.05, 0.1) is 12.5 Å². The van der Waals surface area contributed by atoms with Crippen LogP contribution in [0, 0.1) is 11.2 Å². The van der Waals surface area contributed by atoms with E-state index in [-0.39, 0.29) is 22.9 Å². The minimum atomic E-state index is -0.382. The van der Waals surface area contributed by atoms with Crippen LogP contribution in [0.5, 0.6) is 5.75 Å². The summed E-state index contributed by atoms with van der Waals surface area (Å²) in [5.41, 5.74) is 0.450. The Morgan fingerprint density at radius 2 is 1.96 bits per heavy atom. The summed E-state index contributed by atoms with van der Waals surface area (Å²) in [7, 11) is 8.67. The molecule has 0 spiro atoms. The number of halogens is 1. The molecule has 7 heteroatoms. The summed E-state index contributed by atoms with van der Waals surface area (Å²) >= 11 is 0. The van der Waals surface area contributed by atoms with Gasteiger partial charge in [-0.3, -0.25) is 9.79 Å². The third-order valence-corrected chi connectivity index (χ3v) is 5.21. The molecule has 1 fully saturated rings. The molecule has 1 amide bonds. The molecule has 27 heavy (non-hydrogen) atoms. The first kappa shape index (κ1) is 21.0. The van der Waals surface area contributed by atoms with Gasteiger partial charge in [0, 0.05) is 41.3 Å². The summed E-state index contributed by atoms with van der Waals surface area (Å²) in [4.78, 5) is 20.6. The van der Waals surface area contributed by atoms with Gasteiger partial charge in [0.15, 0.2) is 17.5 Å². The molecule has 1 aromatic rings. The topological polar surface area (TPSA) is 57.2 Å². The highest BCUT2D eigenvalue weighted by Gasteiger charge is 2.42. The Labute approximate surface area is 161 Å². The second kappa shape index (κ2) is 9.06. The van der Waals surface area contributed by atoms with E-state index in [2.05, 4.69) is 10.3 Å². The lowest BCUT2D eigenvalue weighted by atomic mass is 9.84. The molecule has 6 nitrogen and oxygen atoms in total. The van der Waals surface area contributed by atoms with Gasteiger partial charge in [-0.2, -0.15) is 0 Å². The van der Waals surface area contributed by atoms with Crippen molar-refractivity contribution in [2.75, 3.05) is 41.8 Å². The quantitative estimate of drug-likeness (QED) is 0.610. The molecule has 1 aliphatic rings. The third kappa shape index (κ3) is 4.90. The first-order valence-electron chi connectivity index (χ1n) is 9.29. The number of methoxy groups -OCH3 is 1. The molecule has 0 atom stereocenters. The summed E-state index contributed by atoms with van der Waals surface area (Å²) in [5, 5.41) is 3.36. The Morgan fingerprint density at radius 1 is 1.30 bits per heavy atom. The molecule has 0 heterocycles. The smallest absolute Gasteiger partial charge is 0.230 e. The average Bonchev–Trinajstić information content (AvgIpc) is 3.11. The zero-order valence-electron chi connectivity index (χ0n) is 17.0. The fraction of sp³-hybridized carbons (Fsp3) is 0.600. The molecule has 150 valence electrons. The number of benzene rings is 1. The first-order chi connectivity index (χ1) is 12.8. The Balaban J connectivity index is 2.03. The van der Waals surface area contributed by atoms with E-state index in [1.807, 2.05) is 32.1 Å². The highest BCUT2D eigenvalue weighted by molar-refractivity contribution is 5.85. The molecular formula is C20H31FN4O2. The molecule has 1 N–H and O–H groups in total. The zero-order valence-corrected chi connectivity index (χ0v) is 17.0. The van der Waals surface area contributed by atoms with Crippen molar-refractivity contribution in [3.05, 3.63) is 29.6 Å². The van der Waals surface area contributed by atoms with Crippen LogP contribution in [0.2, 0.25) is 0 Å². The predicted molar refractivity (Wildman–Crippen MR) is 105 cm³/mol. The van der Waals surface area contributed by atoms with E-state index >= 15 is 0 Å². The van der Waals surface area contributed by atoms with Crippen molar-refractivity contribution in [3.8, 4) is 5.75 Å². The van der Waals surface area contributed by atoms with Crippen LogP contribution in [0.3, 0.4) is 0 Å². The van der Waals surface area contributed by atoms with Crippen LogP contribution in [-0.4, -0.2) is 63.5 Å². The van der Waals surface area contributed by atoms with Crippen LogP contribution in [0.4, 0.5) is 4.39 Å².